The van der Waals surface area contributed by atoms with E-state index in [0.29, 0.717) is 13.1 Å². The molecular weight excluding hydrogens is 220 g/mol. The Labute approximate surface area is 97.4 Å². The molecule has 17 heavy (non-hydrogen) atoms. The zero-order valence-corrected chi connectivity index (χ0v) is 9.27. The summed E-state index contributed by atoms with van der Waals surface area (Å²) in [5.41, 5.74) is 6.45. The number of fused-ring (bicyclic) bond motifs is 1. The lowest BCUT2D eigenvalue weighted by Crippen LogP contribution is -2.34. The van der Waals surface area contributed by atoms with Crippen LogP contribution in [0.4, 0.5) is 0 Å². The smallest absolute Gasteiger partial charge is 0.326 e. The van der Waals surface area contributed by atoms with E-state index in [4.69, 9.17) is 5.73 Å². The van der Waals surface area contributed by atoms with Crippen molar-refractivity contribution in [2.45, 2.75) is 6.54 Å². The zero-order valence-electron chi connectivity index (χ0n) is 9.27. The number of rotatable bonds is 4. The summed E-state index contributed by atoms with van der Waals surface area (Å²) in [5.74, 6) is -0.220. The molecule has 0 spiro atoms. The summed E-state index contributed by atoms with van der Waals surface area (Å²) in [4.78, 5) is 25.9. The molecule has 4 N–H and O–H groups in total. The van der Waals surface area contributed by atoms with Gasteiger partial charge >= 0.3 is 5.69 Å². The number of para-hydroxylation sites is 2. The Morgan fingerprint density at radius 2 is 2.18 bits per heavy atom. The third-order valence-corrected chi connectivity index (χ3v) is 2.45. The Kier molecular flexibility index (Phi) is 3.24. The first-order valence-electron chi connectivity index (χ1n) is 5.36. The summed E-state index contributed by atoms with van der Waals surface area (Å²) in [5, 5.41) is 2.62. The summed E-state index contributed by atoms with van der Waals surface area (Å²) in [6.45, 7) is 0.799. The van der Waals surface area contributed by atoms with Gasteiger partial charge in [0.1, 0.15) is 6.54 Å². The Morgan fingerprint density at radius 1 is 1.41 bits per heavy atom. The quantitative estimate of drug-likeness (QED) is 0.659. The van der Waals surface area contributed by atoms with E-state index in [1.165, 1.54) is 4.57 Å². The predicted molar refractivity (Wildman–Crippen MR) is 64.6 cm³/mol. The lowest BCUT2D eigenvalue weighted by Gasteiger charge is -2.04. The molecule has 0 saturated carbocycles. The fourth-order valence-corrected chi connectivity index (χ4v) is 1.67. The molecule has 1 aromatic carbocycles. The van der Waals surface area contributed by atoms with Crippen molar-refractivity contribution in [1.29, 1.82) is 0 Å². The molecule has 0 fully saturated rings. The van der Waals surface area contributed by atoms with Gasteiger partial charge in [-0.15, -0.1) is 0 Å². The highest BCUT2D eigenvalue weighted by Crippen LogP contribution is 2.08. The minimum absolute atomic E-state index is 0.00282. The highest BCUT2D eigenvalue weighted by molar-refractivity contribution is 5.80. The summed E-state index contributed by atoms with van der Waals surface area (Å²) in [7, 11) is 0. The summed E-state index contributed by atoms with van der Waals surface area (Å²) in [6.07, 6.45) is 0. The van der Waals surface area contributed by atoms with Gasteiger partial charge in [-0.2, -0.15) is 0 Å². The van der Waals surface area contributed by atoms with Crippen LogP contribution < -0.4 is 16.7 Å². The fraction of sp³-hybridized carbons (Fsp3) is 0.273. The molecule has 2 rings (SSSR count). The number of nitrogens with zero attached hydrogens (tertiary/aromatic N) is 1. The minimum atomic E-state index is -0.283. The van der Waals surface area contributed by atoms with Crippen LogP contribution in [0.1, 0.15) is 0 Å². The molecular formula is C11H14N4O2. The number of nitrogens with one attached hydrogen (secondary N) is 2. The molecule has 1 amide bonds. The molecule has 0 radical (unpaired) electrons. The van der Waals surface area contributed by atoms with E-state index in [2.05, 4.69) is 10.3 Å². The van der Waals surface area contributed by atoms with Crippen LogP contribution in [-0.4, -0.2) is 28.5 Å². The first-order valence-corrected chi connectivity index (χ1v) is 5.36. The fourth-order valence-electron chi connectivity index (χ4n) is 1.67. The van der Waals surface area contributed by atoms with Crippen molar-refractivity contribution in [1.82, 2.24) is 14.9 Å². The minimum Gasteiger partial charge on any atom is -0.353 e. The molecule has 0 aliphatic heterocycles. The van der Waals surface area contributed by atoms with E-state index < -0.39 is 0 Å². The number of nitrogens with two attached hydrogens (primary N) is 1. The van der Waals surface area contributed by atoms with Crippen molar-refractivity contribution in [3.05, 3.63) is 34.7 Å². The first kappa shape index (κ1) is 11.4. The second-order valence-corrected chi connectivity index (χ2v) is 3.67. The van der Waals surface area contributed by atoms with Crippen LogP contribution in [-0.2, 0) is 11.3 Å². The lowest BCUT2D eigenvalue weighted by molar-refractivity contribution is -0.121. The number of hydrogen-bond donors (Lipinski definition) is 3. The number of aromatic nitrogens is 2. The van der Waals surface area contributed by atoms with Gasteiger partial charge in [0.2, 0.25) is 5.91 Å². The first-order chi connectivity index (χ1) is 8.22. The molecule has 0 aliphatic rings. The number of amides is 1. The van der Waals surface area contributed by atoms with Crippen molar-refractivity contribution in [3.8, 4) is 0 Å². The Balaban J connectivity index is 2.26. The van der Waals surface area contributed by atoms with Gasteiger partial charge in [0.15, 0.2) is 0 Å². The molecule has 0 bridgehead atoms. The molecule has 1 heterocycles. The maximum absolute atomic E-state index is 11.7. The average molecular weight is 234 g/mol. The third kappa shape index (κ3) is 2.36. The second-order valence-electron chi connectivity index (χ2n) is 3.67. The van der Waals surface area contributed by atoms with Crippen molar-refractivity contribution >= 4 is 16.9 Å². The molecule has 6 heteroatoms. The van der Waals surface area contributed by atoms with Crippen LogP contribution in [0, 0.1) is 0 Å². The molecule has 1 aromatic heterocycles. The summed E-state index contributed by atoms with van der Waals surface area (Å²) < 4.78 is 1.40. The average Bonchev–Trinajstić information content (AvgIpc) is 2.64. The number of imidazole rings is 1. The molecule has 0 unspecified atom stereocenters. The van der Waals surface area contributed by atoms with Crippen molar-refractivity contribution < 1.29 is 4.79 Å². The topological polar surface area (TPSA) is 92.9 Å². The van der Waals surface area contributed by atoms with Gasteiger partial charge in [-0.1, -0.05) is 12.1 Å². The van der Waals surface area contributed by atoms with E-state index in [-0.39, 0.29) is 18.1 Å². The Hall–Kier alpha value is -2.08. The summed E-state index contributed by atoms with van der Waals surface area (Å²) >= 11 is 0. The van der Waals surface area contributed by atoms with Gasteiger partial charge in [0.05, 0.1) is 11.0 Å². The third-order valence-electron chi connectivity index (χ3n) is 2.45. The number of carbonyl (C=O) groups is 1. The van der Waals surface area contributed by atoms with E-state index in [1.54, 1.807) is 12.1 Å². The SMILES string of the molecule is NCCNC(=O)Cn1c(=O)[nH]c2ccccc21. The van der Waals surface area contributed by atoms with Crippen LogP contribution in [0.2, 0.25) is 0 Å². The Bertz CT molecular complexity index is 584. The second kappa shape index (κ2) is 4.84. The predicted octanol–water partition coefficient (Wildman–Crippen LogP) is -0.595. The molecule has 0 saturated heterocycles. The van der Waals surface area contributed by atoms with Gasteiger partial charge < -0.3 is 16.0 Å². The number of H-pyrrole nitrogens is 1. The van der Waals surface area contributed by atoms with Crippen molar-refractivity contribution in [2.75, 3.05) is 13.1 Å². The number of carbonyl (C=O) groups excluding carboxylic acids is 1. The molecule has 2 aromatic rings. The van der Waals surface area contributed by atoms with Gasteiger partial charge in [-0.3, -0.25) is 9.36 Å². The van der Waals surface area contributed by atoms with E-state index in [9.17, 15) is 9.59 Å². The summed E-state index contributed by atoms with van der Waals surface area (Å²) in [6, 6.07) is 7.25. The van der Waals surface area contributed by atoms with E-state index >= 15 is 0 Å². The molecule has 6 nitrogen and oxygen atoms in total. The normalized spacial score (nSPS) is 10.6. The molecule has 0 aliphatic carbocycles. The van der Waals surface area contributed by atoms with Gasteiger partial charge in [-0.25, -0.2) is 4.79 Å². The number of aromatic amines is 1. The van der Waals surface area contributed by atoms with Gasteiger partial charge in [0, 0.05) is 13.1 Å². The lowest BCUT2D eigenvalue weighted by atomic mass is 10.3. The zero-order chi connectivity index (χ0) is 12.3. The largest absolute Gasteiger partial charge is 0.353 e. The van der Waals surface area contributed by atoms with E-state index in [0.717, 1.165) is 11.0 Å². The van der Waals surface area contributed by atoms with Crippen LogP contribution in [0.15, 0.2) is 29.1 Å². The van der Waals surface area contributed by atoms with Crippen LogP contribution >= 0.6 is 0 Å². The molecule has 90 valence electrons. The van der Waals surface area contributed by atoms with E-state index in [1.807, 2.05) is 12.1 Å². The highest BCUT2D eigenvalue weighted by Gasteiger charge is 2.09. The monoisotopic (exact) mass is 234 g/mol. The molecule has 0 atom stereocenters. The van der Waals surface area contributed by atoms with Crippen molar-refractivity contribution in [2.24, 2.45) is 5.73 Å². The highest BCUT2D eigenvalue weighted by atomic mass is 16.2. The maximum Gasteiger partial charge on any atom is 0.326 e. The maximum atomic E-state index is 11.7. The van der Waals surface area contributed by atoms with Crippen LogP contribution in [0.5, 0.6) is 0 Å². The van der Waals surface area contributed by atoms with Gasteiger partial charge in [-0.05, 0) is 12.1 Å². The van der Waals surface area contributed by atoms with Crippen LogP contribution in [0.3, 0.4) is 0 Å². The standard InChI is InChI=1S/C11H14N4O2/c12-5-6-13-10(16)7-15-9-4-2-1-3-8(9)14-11(15)17/h1-4H,5-7,12H2,(H,13,16)(H,14,17). The number of benzene rings is 1. The Morgan fingerprint density at radius 3 is 2.94 bits per heavy atom. The van der Waals surface area contributed by atoms with Crippen molar-refractivity contribution in [3.63, 3.8) is 0 Å². The van der Waals surface area contributed by atoms with Gasteiger partial charge in [0.25, 0.3) is 0 Å². The van der Waals surface area contributed by atoms with Crippen LogP contribution in [0.25, 0.3) is 11.0 Å². The number of hydrogen-bond acceptors (Lipinski definition) is 3.